The molecule has 3 heterocycles. The molecule has 1 amide bonds. The molecule has 4 rings (SSSR count). The minimum absolute atomic E-state index is 0.0427. The number of nitro groups is 1. The number of amides is 1. The summed E-state index contributed by atoms with van der Waals surface area (Å²) in [5.41, 5.74) is -0.340. The number of aromatic nitrogens is 1. The minimum Gasteiger partial charge on any atom is -0.353 e. The van der Waals surface area contributed by atoms with Gasteiger partial charge in [-0.15, -0.1) is 0 Å². The van der Waals surface area contributed by atoms with E-state index in [1.165, 1.54) is 16.4 Å². The van der Waals surface area contributed by atoms with Crippen LogP contribution in [0.5, 0.6) is 0 Å². The van der Waals surface area contributed by atoms with Gasteiger partial charge < -0.3 is 9.80 Å². The van der Waals surface area contributed by atoms with Crippen molar-refractivity contribution in [1.82, 2.24) is 14.2 Å². The van der Waals surface area contributed by atoms with E-state index in [9.17, 15) is 23.3 Å². The molecule has 33 heavy (non-hydrogen) atoms. The summed E-state index contributed by atoms with van der Waals surface area (Å²) in [4.78, 5) is 31.5. The molecule has 0 unspecified atom stereocenters. The molecule has 2 aliphatic rings. The molecule has 0 bridgehead atoms. The first-order valence-corrected chi connectivity index (χ1v) is 12.5. The molecule has 2 aliphatic heterocycles. The van der Waals surface area contributed by atoms with Crippen LogP contribution in [0.15, 0.2) is 47.5 Å². The van der Waals surface area contributed by atoms with Gasteiger partial charge in [0.05, 0.1) is 9.95 Å². The first-order chi connectivity index (χ1) is 15.8. The summed E-state index contributed by atoms with van der Waals surface area (Å²) in [6.07, 6.45) is 2.53. The molecule has 0 saturated carbocycles. The lowest BCUT2D eigenvalue weighted by atomic mass is 9.96. The first-order valence-electron chi connectivity index (χ1n) is 10.7. The van der Waals surface area contributed by atoms with Gasteiger partial charge in [0.25, 0.3) is 5.69 Å². The predicted octanol–water partition coefficient (Wildman–Crippen LogP) is 2.39. The Morgan fingerprint density at radius 2 is 1.76 bits per heavy atom. The summed E-state index contributed by atoms with van der Waals surface area (Å²) in [6, 6.07) is 9.11. The van der Waals surface area contributed by atoms with Crippen LogP contribution in [-0.2, 0) is 14.8 Å². The van der Waals surface area contributed by atoms with E-state index >= 15 is 0 Å². The van der Waals surface area contributed by atoms with Crippen LogP contribution in [0.1, 0.15) is 12.8 Å². The van der Waals surface area contributed by atoms with Gasteiger partial charge in [0.15, 0.2) is 0 Å². The van der Waals surface area contributed by atoms with E-state index in [0.717, 1.165) is 11.9 Å². The zero-order valence-electron chi connectivity index (χ0n) is 17.8. The quantitative estimate of drug-likeness (QED) is 0.463. The SMILES string of the molecule is O=C(C1CCN(S(=O)(=O)c2cc([N+](=O)[O-])ccc2Cl)CC1)N1CCN(c2ccccn2)CC1. The number of nitro benzene ring substituents is 1. The summed E-state index contributed by atoms with van der Waals surface area (Å²) in [6.45, 7) is 2.90. The molecule has 1 aromatic heterocycles. The number of carbonyl (C=O) groups is 1. The predicted molar refractivity (Wildman–Crippen MR) is 123 cm³/mol. The Labute approximate surface area is 197 Å². The van der Waals surface area contributed by atoms with Gasteiger partial charge >= 0.3 is 0 Å². The standard InChI is InChI=1S/C21H24ClN5O5S/c22-18-5-4-17(27(29)30)15-19(18)33(31,32)26-9-6-16(7-10-26)21(28)25-13-11-24(12-14-25)20-3-1-2-8-23-20/h1-5,8,15-16H,6-7,9-14H2. The maximum absolute atomic E-state index is 13.0. The molecular formula is C21H24ClN5O5S. The molecule has 0 radical (unpaired) electrons. The van der Waals surface area contributed by atoms with Gasteiger partial charge in [0.1, 0.15) is 10.7 Å². The lowest BCUT2D eigenvalue weighted by Crippen LogP contribution is -2.52. The van der Waals surface area contributed by atoms with Gasteiger partial charge in [0.2, 0.25) is 15.9 Å². The Hall–Kier alpha value is -2.76. The van der Waals surface area contributed by atoms with Crippen LogP contribution >= 0.6 is 11.6 Å². The smallest absolute Gasteiger partial charge is 0.270 e. The van der Waals surface area contributed by atoms with E-state index in [1.807, 2.05) is 23.1 Å². The van der Waals surface area contributed by atoms with Crippen molar-refractivity contribution < 1.29 is 18.1 Å². The maximum Gasteiger partial charge on any atom is 0.270 e. The number of nitrogens with zero attached hydrogens (tertiary/aromatic N) is 5. The van der Waals surface area contributed by atoms with Gasteiger partial charge in [-0.3, -0.25) is 14.9 Å². The highest BCUT2D eigenvalue weighted by molar-refractivity contribution is 7.89. The number of rotatable bonds is 5. The molecule has 10 nitrogen and oxygen atoms in total. The summed E-state index contributed by atoms with van der Waals surface area (Å²) >= 11 is 6.04. The number of hydrogen-bond acceptors (Lipinski definition) is 7. The van der Waals surface area contributed by atoms with Gasteiger partial charge in [-0.2, -0.15) is 4.31 Å². The number of carbonyl (C=O) groups excluding carboxylic acids is 1. The van der Waals surface area contributed by atoms with Gasteiger partial charge in [0, 0.05) is 63.5 Å². The number of hydrogen-bond donors (Lipinski definition) is 0. The highest BCUT2D eigenvalue weighted by Crippen LogP contribution is 2.31. The fraction of sp³-hybridized carbons (Fsp3) is 0.429. The van der Waals surface area contributed by atoms with Crippen LogP contribution in [0.3, 0.4) is 0 Å². The average molecular weight is 494 g/mol. The van der Waals surface area contributed by atoms with Crippen molar-refractivity contribution in [2.75, 3.05) is 44.2 Å². The van der Waals surface area contributed by atoms with Crippen molar-refractivity contribution in [3.8, 4) is 0 Å². The molecule has 176 valence electrons. The lowest BCUT2D eigenvalue weighted by Gasteiger charge is -2.38. The van der Waals surface area contributed by atoms with Crippen LogP contribution in [0, 0.1) is 16.0 Å². The molecule has 0 N–H and O–H groups in total. The maximum atomic E-state index is 13.0. The summed E-state index contributed by atoms with van der Waals surface area (Å²) in [7, 11) is -4.00. The Balaban J connectivity index is 1.36. The number of benzene rings is 1. The normalized spacial score (nSPS) is 18.3. The van der Waals surface area contributed by atoms with Crippen LogP contribution in [0.4, 0.5) is 11.5 Å². The third-order valence-corrected chi connectivity index (χ3v) is 8.49. The number of piperazine rings is 1. The van der Waals surface area contributed by atoms with Gasteiger partial charge in [-0.05, 0) is 31.0 Å². The molecule has 2 saturated heterocycles. The van der Waals surface area contributed by atoms with Crippen molar-refractivity contribution in [2.24, 2.45) is 5.92 Å². The summed E-state index contributed by atoms with van der Waals surface area (Å²) in [5.74, 6) is 0.683. The number of halogens is 1. The van der Waals surface area contributed by atoms with E-state index in [1.54, 1.807) is 6.20 Å². The highest BCUT2D eigenvalue weighted by Gasteiger charge is 2.36. The molecule has 0 spiro atoms. The number of non-ortho nitro benzene ring substituents is 1. The number of anilines is 1. The van der Waals surface area contributed by atoms with Crippen molar-refractivity contribution in [3.05, 3.63) is 57.7 Å². The van der Waals surface area contributed by atoms with Crippen molar-refractivity contribution in [3.63, 3.8) is 0 Å². The third kappa shape index (κ3) is 4.94. The van der Waals surface area contributed by atoms with Crippen LogP contribution in [0.25, 0.3) is 0 Å². The third-order valence-electron chi connectivity index (χ3n) is 6.11. The van der Waals surface area contributed by atoms with E-state index < -0.39 is 14.9 Å². The second-order valence-corrected chi connectivity index (χ2v) is 10.4. The molecule has 0 atom stereocenters. The van der Waals surface area contributed by atoms with E-state index in [4.69, 9.17) is 11.6 Å². The largest absolute Gasteiger partial charge is 0.353 e. The Morgan fingerprint density at radius 1 is 1.06 bits per heavy atom. The van der Waals surface area contributed by atoms with Crippen LogP contribution in [-0.4, -0.2) is 72.7 Å². The van der Waals surface area contributed by atoms with Gasteiger partial charge in [-0.25, -0.2) is 13.4 Å². The zero-order chi connectivity index (χ0) is 23.6. The van der Waals surface area contributed by atoms with E-state index in [-0.39, 0.29) is 40.5 Å². The van der Waals surface area contributed by atoms with Crippen molar-refractivity contribution in [1.29, 1.82) is 0 Å². The Kier molecular flexibility index (Phi) is 6.82. The van der Waals surface area contributed by atoms with Gasteiger partial charge in [-0.1, -0.05) is 17.7 Å². The molecule has 2 aromatic rings. The monoisotopic (exact) mass is 493 g/mol. The molecule has 0 aliphatic carbocycles. The van der Waals surface area contributed by atoms with Crippen LogP contribution in [0.2, 0.25) is 5.02 Å². The summed E-state index contributed by atoms with van der Waals surface area (Å²) in [5, 5.41) is 11.0. The molecule has 1 aromatic carbocycles. The second kappa shape index (κ2) is 9.62. The Bertz CT molecular complexity index is 1130. The second-order valence-electron chi connectivity index (χ2n) is 8.05. The average Bonchev–Trinajstić information content (AvgIpc) is 2.84. The molecular weight excluding hydrogens is 470 g/mol. The van der Waals surface area contributed by atoms with E-state index in [2.05, 4.69) is 9.88 Å². The fourth-order valence-corrected chi connectivity index (χ4v) is 6.20. The first kappa shape index (κ1) is 23.4. The fourth-order valence-electron chi connectivity index (χ4n) is 4.24. The lowest BCUT2D eigenvalue weighted by molar-refractivity contribution is -0.385. The Morgan fingerprint density at radius 3 is 2.36 bits per heavy atom. The topological polar surface area (TPSA) is 117 Å². The summed E-state index contributed by atoms with van der Waals surface area (Å²) < 4.78 is 27.3. The van der Waals surface area contributed by atoms with E-state index in [0.29, 0.717) is 39.0 Å². The number of pyridine rings is 1. The zero-order valence-corrected chi connectivity index (χ0v) is 19.4. The number of piperidine rings is 1. The van der Waals surface area contributed by atoms with Crippen molar-refractivity contribution >= 4 is 39.0 Å². The van der Waals surface area contributed by atoms with Crippen LogP contribution < -0.4 is 4.90 Å². The minimum atomic E-state index is -4.00. The van der Waals surface area contributed by atoms with Crippen molar-refractivity contribution in [2.45, 2.75) is 17.7 Å². The molecule has 12 heteroatoms. The molecule has 2 fully saturated rings. The highest BCUT2D eigenvalue weighted by atomic mass is 35.5. The number of sulfonamides is 1.